The van der Waals surface area contributed by atoms with E-state index >= 15 is 0 Å². The molecule has 0 aliphatic carbocycles. The van der Waals surface area contributed by atoms with Crippen molar-refractivity contribution in [2.24, 2.45) is 0 Å². The Labute approximate surface area is 96.2 Å². The van der Waals surface area contributed by atoms with Crippen LogP contribution >= 0.6 is 0 Å². The molecule has 0 spiro atoms. The first-order valence-corrected chi connectivity index (χ1v) is 5.57. The van der Waals surface area contributed by atoms with Crippen LogP contribution in [0, 0.1) is 0 Å². The van der Waals surface area contributed by atoms with E-state index in [0.717, 1.165) is 5.69 Å². The quantitative estimate of drug-likeness (QED) is 0.668. The highest BCUT2D eigenvalue weighted by Crippen LogP contribution is 1.95. The van der Waals surface area contributed by atoms with Crippen LogP contribution in [0.15, 0.2) is 18.3 Å². The van der Waals surface area contributed by atoms with Gasteiger partial charge in [0.15, 0.2) is 6.29 Å². The third-order valence-electron chi connectivity index (χ3n) is 1.95. The molecule has 0 atom stereocenters. The summed E-state index contributed by atoms with van der Waals surface area (Å²) < 4.78 is 10.8. The molecule has 0 amide bonds. The van der Waals surface area contributed by atoms with Crippen molar-refractivity contribution in [3.05, 3.63) is 24.0 Å². The molecule has 1 aromatic heterocycles. The number of hydrogen-bond acceptors (Lipinski definition) is 5. The van der Waals surface area contributed by atoms with Crippen LogP contribution < -0.4 is 5.32 Å². The van der Waals surface area contributed by atoms with Gasteiger partial charge in [0, 0.05) is 32.5 Å². The van der Waals surface area contributed by atoms with Crippen molar-refractivity contribution >= 4 is 0 Å². The molecule has 0 aromatic carbocycles. The van der Waals surface area contributed by atoms with E-state index in [2.05, 4.69) is 15.5 Å². The minimum Gasteiger partial charge on any atom is -0.352 e. The van der Waals surface area contributed by atoms with Gasteiger partial charge < -0.3 is 14.8 Å². The first-order chi connectivity index (χ1) is 7.86. The standard InChI is InChI=1S/C11H19N3O2/c1-3-15-11(16-4-2)9-12-8-10-6-5-7-13-14-10/h5-7,11-12H,3-4,8-9H2,1-2H3. The summed E-state index contributed by atoms with van der Waals surface area (Å²) in [5.74, 6) is 0. The molecule has 1 N–H and O–H groups in total. The molecule has 0 saturated heterocycles. The van der Waals surface area contributed by atoms with E-state index in [1.807, 2.05) is 26.0 Å². The Morgan fingerprint density at radius 1 is 1.31 bits per heavy atom. The van der Waals surface area contributed by atoms with Crippen LogP contribution in [-0.4, -0.2) is 36.2 Å². The SMILES string of the molecule is CCOC(CNCc1cccnn1)OCC. The van der Waals surface area contributed by atoms with Crippen molar-refractivity contribution in [2.45, 2.75) is 26.7 Å². The fourth-order valence-electron chi connectivity index (χ4n) is 1.28. The molecule has 16 heavy (non-hydrogen) atoms. The summed E-state index contributed by atoms with van der Waals surface area (Å²) in [6.07, 6.45) is 1.47. The predicted octanol–water partition coefficient (Wildman–Crippen LogP) is 0.965. The van der Waals surface area contributed by atoms with E-state index in [-0.39, 0.29) is 6.29 Å². The van der Waals surface area contributed by atoms with E-state index in [4.69, 9.17) is 9.47 Å². The van der Waals surface area contributed by atoms with Gasteiger partial charge in [-0.25, -0.2) is 0 Å². The second-order valence-electron chi connectivity index (χ2n) is 3.19. The van der Waals surface area contributed by atoms with Crippen molar-refractivity contribution < 1.29 is 9.47 Å². The smallest absolute Gasteiger partial charge is 0.169 e. The maximum Gasteiger partial charge on any atom is 0.169 e. The van der Waals surface area contributed by atoms with Crippen LogP contribution in [0.2, 0.25) is 0 Å². The van der Waals surface area contributed by atoms with E-state index in [1.165, 1.54) is 0 Å². The molecule has 0 unspecified atom stereocenters. The summed E-state index contributed by atoms with van der Waals surface area (Å²) in [5.41, 5.74) is 0.911. The van der Waals surface area contributed by atoms with E-state index in [1.54, 1.807) is 6.20 Å². The van der Waals surface area contributed by atoms with Crippen LogP contribution in [0.4, 0.5) is 0 Å². The highest BCUT2D eigenvalue weighted by atomic mass is 16.7. The summed E-state index contributed by atoms with van der Waals surface area (Å²) in [4.78, 5) is 0. The largest absolute Gasteiger partial charge is 0.352 e. The first kappa shape index (κ1) is 13.0. The van der Waals surface area contributed by atoms with Gasteiger partial charge in [-0.1, -0.05) is 0 Å². The van der Waals surface area contributed by atoms with Gasteiger partial charge in [-0.3, -0.25) is 0 Å². The fourth-order valence-corrected chi connectivity index (χ4v) is 1.28. The maximum absolute atomic E-state index is 5.40. The van der Waals surface area contributed by atoms with Gasteiger partial charge in [0.2, 0.25) is 0 Å². The number of hydrogen-bond donors (Lipinski definition) is 1. The first-order valence-electron chi connectivity index (χ1n) is 5.57. The summed E-state index contributed by atoms with van der Waals surface area (Å²) >= 11 is 0. The third-order valence-corrected chi connectivity index (χ3v) is 1.95. The fraction of sp³-hybridized carbons (Fsp3) is 0.636. The normalized spacial score (nSPS) is 10.9. The molecule has 0 saturated carbocycles. The predicted molar refractivity (Wildman–Crippen MR) is 60.8 cm³/mol. The topological polar surface area (TPSA) is 56.3 Å². The van der Waals surface area contributed by atoms with Gasteiger partial charge >= 0.3 is 0 Å². The number of aromatic nitrogens is 2. The summed E-state index contributed by atoms with van der Waals surface area (Å²) in [7, 11) is 0. The number of ether oxygens (including phenoxy) is 2. The van der Waals surface area contributed by atoms with Crippen LogP contribution in [0.25, 0.3) is 0 Å². The lowest BCUT2D eigenvalue weighted by molar-refractivity contribution is -0.133. The molecule has 1 rings (SSSR count). The molecular formula is C11H19N3O2. The van der Waals surface area contributed by atoms with Gasteiger partial charge in [0.1, 0.15) is 0 Å². The van der Waals surface area contributed by atoms with E-state index in [9.17, 15) is 0 Å². The van der Waals surface area contributed by atoms with E-state index in [0.29, 0.717) is 26.3 Å². The Balaban J connectivity index is 2.22. The minimum absolute atomic E-state index is 0.188. The molecule has 5 nitrogen and oxygen atoms in total. The molecule has 0 fully saturated rings. The van der Waals surface area contributed by atoms with Gasteiger partial charge in [-0.2, -0.15) is 10.2 Å². The second-order valence-corrected chi connectivity index (χ2v) is 3.19. The number of nitrogens with zero attached hydrogens (tertiary/aromatic N) is 2. The molecule has 90 valence electrons. The van der Waals surface area contributed by atoms with Crippen molar-refractivity contribution in [2.75, 3.05) is 19.8 Å². The summed E-state index contributed by atoms with van der Waals surface area (Å²) in [6, 6.07) is 3.79. The van der Waals surface area contributed by atoms with Crippen molar-refractivity contribution in [1.82, 2.24) is 15.5 Å². The molecule has 5 heteroatoms. The van der Waals surface area contributed by atoms with Gasteiger partial charge in [0.25, 0.3) is 0 Å². The van der Waals surface area contributed by atoms with Crippen molar-refractivity contribution in [1.29, 1.82) is 0 Å². The van der Waals surface area contributed by atoms with Gasteiger partial charge in [-0.05, 0) is 26.0 Å². The number of rotatable bonds is 8. The van der Waals surface area contributed by atoms with Crippen molar-refractivity contribution in [3.63, 3.8) is 0 Å². The zero-order valence-corrected chi connectivity index (χ0v) is 9.85. The average molecular weight is 225 g/mol. The van der Waals surface area contributed by atoms with Gasteiger partial charge in [-0.15, -0.1) is 0 Å². The van der Waals surface area contributed by atoms with Crippen molar-refractivity contribution in [3.8, 4) is 0 Å². The lowest BCUT2D eigenvalue weighted by Crippen LogP contribution is -2.31. The zero-order chi connectivity index (χ0) is 11.6. The molecule has 1 heterocycles. The van der Waals surface area contributed by atoms with Crippen LogP contribution in [-0.2, 0) is 16.0 Å². The summed E-state index contributed by atoms with van der Waals surface area (Å²) in [6.45, 7) is 6.53. The lowest BCUT2D eigenvalue weighted by atomic mass is 10.4. The third kappa shape index (κ3) is 5.16. The Morgan fingerprint density at radius 2 is 2.06 bits per heavy atom. The molecular weight excluding hydrogens is 206 g/mol. The van der Waals surface area contributed by atoms with Crippen LogP contribution in [0.1, 0.15) is 19.5 Å². The van der Waals surface area contributed by atoms with Crippen LogP contribution in [0.3, 0.4) is 0 Å². The molecule has 0 aliphatic heterocycles. The average Bonchev–Trinajstić information content (AvgIpc) is 2.31. The Kier molecular flexibility index (Phi) is 6.64. The Morgan fingerprint density at radius 3 is 2.62 bits per heavy atom. The monoisotopic (exact) mass is 225 g/mol. The minimum atomic E-state index is -0.188. The van der Waals surface area contributed by atoms with E-state index < -0.39 is 0 Å². The Hall–Kier alpha value is -1.04. The molecule has 1 aromatic rings. The highest BCUT2D eigenvalue weighted by Gasteiger charge is 2.06. The maximum atomic E-state index is 5.40. The highest BCUT2D eigenvalue weighted by molar-refractivity contribution is 4.98. The summed E-state index contributed by atoms with van der Waals surface area (Å²) in [5, 5.41) is 11.0. The zero-order valence-electron chi connectivity index (χ0n) is 9.85. The lowest BCUT2D eigenvalue weighted by Gasteiger charge is -2.17. The second kappa shape index (κ2) is 8.15. The molecule has 0 radical (unpaired) electrons. The Bertz CT molecular complexity index is 263. The van der Waals surface area contributed by atoms with Crippen LogP contribution in [0.5, 0.6) is 0 Å². The molecule has 0 aliphatic rings. The number of nitrogens with one attached hydrogen (secondary N) is 1. The van der Waals surface area contributed by atoms with Gasteiger partial charge in [0.05, 0.1) is 5.69 Å². The molecule has 0 bridgehead atoms.